The molecule has 1 atom stereocenters. The molecule has 8 heteroatoms. The minimum absolute atomic E-state index is 0.0863. The molecule has 1 heterocycles. The summed E-state index contributed by atoms with van der Waals surface area (Å²) in [6.45, 7) is 5.43. The number of nitrogens with one attached hydrogen (secondary N) is 1. The normalized spacial score (nSPS) is 17.2. The van der Waals surface area contributed by atoms with E-state index in [0.29, 0.717) is 28.9 Å². The summed E-state index contributed by atoms with van der Waals surface area (Å²) in [4.78, 5) is 13.1. The third-order valence-corrected chi connectivity index (χ3v) is 5.18. The standard InChI is InChI=1S/C21H25N3O4S/c1-21(2,3)20(26)24-18(15-10-6-8-12-19(15)25)13-17(22-24)14-9-5-7-11-16(14)23-29(4,27)28/h5-12,18,23,25H,13H2,1-4H3/t18-/m0/s1. The number of benzene rings is 2. The number of hydrogen-bond acceptors (Lipinski definition) is 5. The molecule has 0 bridgehead atoms. The Morgan fingerprint density at radius 1 is 1.14 bits per heavy atom. The molecule has 1 aliphatic rings. The average molecular weight is 416 g/mol. The zero-order valence-corrected chi connectivity index (χ0v) is 17.7. The predicted molar refractivity (Wildman–Crippen MR) is 113 cm³/mol. The molecule has 29 heavy (non-hydrogen) atoms. The van der Waals surface area contributed by atoms with Crippen molar-refractivity contribution in [3.05, 3.63) is 59.7 Å². The maximum absolute atomic E-state index is 13.1. The number of anilines is 1. The lowest BCUT2D eigenvalue weighted by molar-refractivity contribution is -0.141. The summed E-state index contributed by atoms with van der Waals surface area (Å²) < 4.78 is 26.0. The fourth-order valence-corrected chi connectivity index (χ4v) is 3.82. The number of amides is 1. The zero-order chi connectivity index (χ0) is 21.4. The van der Waals surface area contributed by atoms with E-state index in [2.05, 4.69) is 9.82 Å². The van der Waals surface area contributed by atoms with E-state index in [4.69, 9.17) is 0 Å². The second-order valence-corrected chi connectivity index (χ2v) is 9.89. The fraction of sp³-hybridized carbons (Fsp3) is 0.333. The molecule has 154 valence electrons. The molecule has 0 saturated carbocycles. The van der Waals surface area contributed by atoms with E-state index in [1.54, 1.807) is 48.5 Å². The van der Waals surface area contributed by atoms with Gasteiger partial charge >= 0.3 is 0 Å². The van der Waals surface area contributed by atoms with E-state index in [9.17, 15) is 18.3 Å². The molecule has 2 N–H and O–H groups in total. The molecule has 3 rings (SSSR count). The molecule has 0 saturated heterocycles. The van der Waals surface area contributed by atoms with Gasteiger partial charge in [0.15, 0.2) is 0 Å². The summed E-state index contributed by atoms with van der Waals surface area (Å²) in [6.07, 6.45) is 1.43. The van der Waals surface area contributed by atoms with Crippen molar-refractivity contribution in [1.29, 1.82) is 0 Å². The smallest absolute Gasteiger partial charge is 0.248 e. The summed E-state index contributed by atoms with van der Waals surface area (Å²) in [5.74, 6) is -0.0995. The summed E-state index contributed by atoms with van der Waals surface area (Å²) in [6, 6.07) is 13.3. The number of carbonyl (C=O) groups is 1. The first-order valence-electron chi connectivity index (χ1n) is 9.23. The second-order valence-electron chi connectivity index (χ2n) is 8.14. The Hall–Kier alpha value is -2.87. The lowest BCUT2D eigenvalue weighted by atomic mass is 9.92. The Balaban J connectivity index is 2.08. The van der Waals surface area contributed by atoms with Gasteiger partial charge < -0.3 is 5.11 Å². The van der Waals surface area contributed by atoms with Crippen molar-refractivity contribution in [3.8, 4) is 5.75 Å². The van der Waals surface area contributed by atoms with Gasteiger partial charge in [0, 0.05) is 23.0 Å². The van der Waals surface area contributed by atoms with Crippen molar-refractivity contribution < 1.29 is 18.3 Å². The van der Waals surface area contributed by atoms with Crippen LogP contribution in [0.2, 0.25) is 0 Å². The summed E-state index contributed by atoms with van der Waals surface area (Å²) in [5, 5.41) is 16.3. The van der Waals surface area contributed by atoms with Gasteiger partial charge in [-0.2, -0.15) is 5.10 Å². The van der Waals surface area contributed by atoms with E-state index in [0.717, 1.165) is 6.26 Å². The summed E-state index contributed by atoms with van der Waals surface area (Å²) in [5.41, 5.74) is 1.49. The van der Waals surface area contributed by atoms with E-state index in [1.165, 1.54) is 5.01 Å². The van der Waals surface area contributed by atoms with E-state index in [-0.39, 0.29) is 11.7 Å². The molecule has 1 amide bonds. The van der Waals surface area contributed by atoms with Crippen molar-refractivity contribution in [2.75, 3.05) is 11.0 Å². The van der Waals surface area contributed by atoms with Crippen LogP contribution in [-0.4, -0.2) is 36.4 Å². The minimum atomic E-state index is -3.48. The van der Waals surface area contributed by atoms with Gasteiger partial charge in [0.25, 0.3) is 0 Å². The number of phenolic OH excluding ortho intramolecular Hbond substituents is 1. The molecular formula is C21H25N3O4S. The Labute approximate surface area is 171 Å². The highest BCUT2D eigenvalue weighted by molar-refractivity contribution is 7.92. The van der Waals surface area contributed by atoms with Crippen molar-refractivity contribution in [1.82, 2.24) is 5.01 Å². The molecule has 1 aliphatic heterocycles. The monoisotopic (exact) mass is 415 g/mol. The first-order chi connectivity index (χ1) is 13.5. The molecule has 0 fully saturated rings. The highest BCUT2D eigenvalue weighted by atomic mass is 32.2. The number of hydrazone groups is 1. The zero-order valence-electron chi connectivity index (χ0n) is 16.9. The maximum atomic E-state index is 13.1. The van der Waals surface area contributed by atoms with E-state index < -0.39 is 21.5 Å². The molecule has 0 radical (unpaired) electrons. The lowest BCUT2D eigenvalue weighted by Gasteiger charge is -2.28. The number of phenols is 1. The van der Waals surface area contributed by atoms with Crippen LogP contribution >= 0.6 is 0 Å². The maximum Gasteiger partial charge on any atom is 0.248 e. The number of sulfonamides is 1. The van der Waals surface area contributed by atoms with Crippen LogP contribution in [0.5, 0.6) is 5.75 Å². The van der Waals surface area contributed by atoms with E-state index in [1.807, 2.05) is 20.8 Å². The topological polar surface area (TPSA) is 99.1 Å². The quantitative estimate of drug-likeness (QED) is 0.798. The molecule has 0 aliphatic carbocycles. The number of rotatable bonds is 4. The number of para-hydroxylation sites is 2. The van der Waals surface area contributed by atoms with Gasteiger partial charge in [-0.1, -0.05) is 57.2 Å². The van der Waals surface area contributed by atoms with Gasteiger partial charge in [-0.25, -0.2) is 13.4 Å². The first kappa shape index (κ1) is 20.9. The van der Waals surface area contributed by atoms with Gasteiger partial charge in [-0.05, 0) is 12.1 Å². The molecule has 7 nitrogen and oxygen atoms in total. The number of hydrogen-bond donors (Lipinski definition) is 2. The van der Waals surface area contributed by atoms with Crippen LogP contribution in [0.1, 0.15) is 44.4 Å². The van der Waals surface area contributed by atoms with Gasteiger partial charge in [0.1, 0.15) is 5.75 Å². The van der Waals surface area contributed by atoms with Crippen molar-refractivity contribution >= 4 is 27.3 Å². The first-order valence-corrected chi connectivity index (χ1v) is 11.1. The molecule has 2 aromatic rings. The van der Waals surface area contributed by atoms with Crippen LogP contribution in [0.25, 0.3) is 0 Å². The molecular weight excluding hydrogens is 390 g/mol. The molecule has 0 spiro atoms. The molecule has 0 unspecified atom stereocenters. The highest BCUT2D eigenvalue weighted by Gasteiger charge is 2.39. The predicted octanol–water partition coefficient (Wildman–Crippen LogP) is 3.49. The summed E-state index contributed by atoms with van der Waals surface area (Å²) in [7, 11) is -3.48. The Kier molecular flexibility index (Phi) is 5.40. The lowest BCUT2D eigenvalue weighted by Crippen LogP contribution is -2.36. The number of nitrogens with zero attached hydrogens (tertiary/aromatic N) is 2. The van der Waals surface area contributed by atoms with E-state index >= 15 is 0 Å². The van der Waals surface area contributed by atoms with Crippen LogP contribution < -0.4 is 4.72 Å². The van der Waals surface area contributed by atoms with Crippen molar-refractivity contribution in [2.24, 2.45) is 10.5 Å². The Morgan fingerprint density at radius 3 is 2.38 bits per heavy atom. The third kappa shape index (κ3) is 4.59. The van der Waals surface area contributed by atoms with Crippen LogP contribution in [-0.2, 0) is 14.8 Å². The van der Waals surface area contributed by atoms with Crippen LogP contribution in [0.15, 0.2) is 53.6 Å². The largest absolute Gasteiger partial charge is 0.508 e. The minimum Gasteiger partial charge on any atom is -0.508 e. The Bertz CT molecular complexity index is 1070. The second kappa shape index (κ2) is 7.51. The van der Waals surface area contributed by atoms with Gasteiger partial charge in [-0.3, -0.25) is 9.52 Å². The van der Waals surface area contributed by atoms with Gasteiger partial charge in [0.05, 0.1) is 23.7 Å². The van der Waals surface area contributed by atoms with Crippen LogP contribution in [0.3, 0.4) is 0 Å². The van der Waals surface area contributed by atoms with Crippen LogP contribution in [0, 0.1) is 5.41 Å². The number of aromatic hydroxyl groups is 1. The van der Waals surface area contributed by atoms with Crippen LogP contribution in [0.4, 0.5) is 5.69 Å². The third-order valence-electron chi connectivity index (χ3n) is 4.59. The van der Waals surface area contributed by atoms with Gasteiger partial charge in [0.2, 0.25) is 15.9 Å². The molecule has 0 aromatic heterocycles. The SMILES string of the molecule is CC(C)(C)C(=O)N1N=C(c2ccccc2NS(C)(=O)=O)C[C@H]1c1ccccc1O. The molecule has 2 aromatic carbocycles. The summed E-state index contributed by atoms with van der Waals surface area (Å²) >= 11 is 0. The fourth-order valence-electron chi connectivity index (χ4n) is 3.24. The van der Waals surface area contributed by atoms with Crippen molar-refractivity contribution in [3.63, 3.8) is 0 Å². The van der Waals surface area contributed by atoms with Gasteiger partial charge in [-0.15, -0.1) is 0 Å². The number of carbonyl (C=O) groups excluding carboxylic acids is 1. The Morgan fingerprint density at radius 2 is 1.76 bits per heavy atom. The van der Waals surface area contributed by atoms with Crippen molar-refractivity contribution in [2.45, 2.75) is 33.2 Å². The average Bonchev–Trinajstić information content (AvgIpc) is 3.04. The highest BCUT2D eigenvalue weighted by Crippen LogP contribution is 2.40.